The van der Waals surface area contributed by atoms with Gasteiger partial charge in [0.2, 0.25) is 0 Å². The number of urea groups is 1. The molecule has 0 aromatic heterocycles. The highest BCUT2D eigenvalue weighted by Crippen LogP contribution is 2.48. The SMILES string of the molecule is CCCC1(CNC(=O)N(C)CC(O)C2CC2)CC1. The normalized spacial score (nSPS) is 22.4. The first-order chi connectivity index (χ1) is 8.56. The van der Waals surface area contributed by atoms with Gasteiger partial charge in [0.1, 0.15) is 0 Å². The van der Waals surface area contributed by atoms with E-state index in [1.165, 1.54) is 25.7 Å². The van der Waals surface area contributed by atoms with Gasteiger partial charge in [0, 0.05) is 20.1 Å². The van der Waals surface area contributed by atoms with Gasteiger partial charge in [0.25, 0.3) is 0 Å². The zero-order valence-corrected chi connectivity index (χ0v) is 11.6. The van der Waals surface area contributed by atoms with Gasteiger partial charge in [-0.2, -0.15) is 0 Å². The van der Waals surface area contributed by atoms with Crippen molar-refractivity contribution in [2.24, 2.45) is 11.3 Å². The van der Waals surface area contributed by atoms with Crippen LogP contribution in [0.3, 0.4) is 0 Å². The lowest BCUT2D eigenvalue weighted by molar-refractivity contribution is 0.113. The lowest BCUT2D eigenvalue weighted by Gasteiger charge is -2.23. The topological polar surface area (TPSA) is 52.6 Å². The maximum Gasteiger partial charge on any atom is 0.317 e. The molecule has 0 aliphatic heterocycles. The Morgan fingerprint density at radius 2 is 2.17 bits per heavy atom. The van der Waals surface area contributed by atoms with E-state index >= 15 is 0 Å². The van der Waals surface area contributed by atoms with E-state index in [4.69, 9.17) is 0 Å². The van der Waals surface area contributed by atoms with Gasteiger partial charge in [-0.3, -0.25) is 0 Å². The van der Waals surface area contributed by atoms with Crippen LogP contribution in [0.25, 0.3) is 0 Å². The third-order valence-electron chi connectivity index (χ3n) is 4.33. The standard InChI is InChI=1S/C14H26N2O2/c1-3-6-14(7-8-14)10-15-13(18)16(2)9-12(17)11-4-5-11/h11-12,17H,3-10H2,1-2H3,(H,15,18). The van der Waals surface area contributed by atoms with Gasteiger partial charge in [-0.25, -0.2) is 4.79 Å². The van der Waals surface area contributed by atoms with Crippen LogP contribution in [0.1, 0.15) is 45.4 Å². The summed E-state index contributed by atoms with van der Waals surface area (Å²) in [5.41, 5.74) is 0.389. The number of nitrogens with zero attached hydrogens (tertiary/aromatic N) is 1. The van der Waals surface area contributed by atoms with Crippen molar-refractivity contribution in [1.82, 2.24) is 10.2 Å². The highest BCUT2D eigenvalue weighted by molar-refractivity contribution is 5.73. The molecule has 0 aromatic carbocycles. The predicted molar refractivity (Wildman–Crippen MR) is 71.3 cm³/mol. The number of aliphatic hydroxyl groups excluding tert-OH is 1. The minimum absolute atomic E-state index is 0.0444. The molecule has 0 spiro atoms. The smallest absolute Gasteiger partial charge is 0.317 e. The molecule has 2 aliphatic carbocycles. The Bertz CT molecular complexity index is 298. The molecular weight excluding hydrogens is 228 g/mol. The summed E-state index contributed by atoms with van der Waals surface area (Å²) in [5, 5.41) is 12.8. The molecule has 18 heavy (non-hydrogen) atoms. The van der Waals surface area contributed by atoms with Gasteiger partial charge < -0.3 is 15.3 Å². The number of likely N-dealkylation sites (N-methyl/N-ethyl adjacent to an activating group) is 1. The summed E-state index contributed by atoms with van der Waals surface area (Å²) >= 11 is 0. The van der Waals surface area contributed by atoms with Crippen LogP contribution in [0.2, 0.25) is 0 Å². The van der Waals surface area contributed by atoms with Gasteiger partial charge in [0.05, 0.1) is 6.10 Å². The lowest BCUT2D eigenvalue weighted by Crippen LogP contribution is -2.43. The van der Waals surface area contributed by atoms with E-state index < -0.39 is 0 Å². The van der Waals surface area contributed by atoms with Crippen LogP contribution < -0.4 is 5.32 Å². The molecule has 0 saturated heterocycles. The maximum atomic E-state index is 11.9. The highest BCUT2D eigenvalue weighted by atomic mass is 16.3. The lowest BCUT2D eigenvalue weighted by atomic mass is 10.0. The summed E-state index contributed by atoms with van der Waals surface area (Å²) in [5.74, 6) is 0.426. The Hall–Kier alpha value is -0.770. The fraction of sp³-hybridized carbons (Fsp3) is 0.929. The van der Waals surface area contributed by atoms with Crippen molar-refractivity contribution in [1.29, 1.82) is 0 Å². The van der Waals surface area contributed by atoms with Gasteiger partial charge in [-0.15, -0.1) is 0 Å². The minimum atomic E-state index is -0.341. The van der Waals surface area contributed by atoms with Gasteiger partial charge in [0.15, 0.2) is 0 Å². The molecule has 2 rings (SSSR count). The van der Waals surface area contributed by atoms with Crippen molar-refractivity contribution in [2.45, 2.75) is 51.6 Å². The summed E-state index contributed by atoms with van der Waals surface area (Å²) < 4.78 is 0. The summed E-state index contributed by atoms with van der Waals surface area (Å²) in [6.45, 7) is 3.45. The van der Waals surface area contributed by atoms with Crippen LogP contribution in [-0.4, -0.2) is 42.3 Å². The summed E-state index contributed by atoms with van der Waals surface area (Å²) in [4.78, 5) is 13.5. The molecule has 2 saturated carbocycles. The summed E-state index contributed by atoms with van der Waals surface area (Å²) in [6, 6.07) is -0.0444. The van der Waals surface area contributed by atoms with Crippen molar-refractivity contribution in [3.05, 3.63) is 0 Å². The van der Waals surface area contributed by atoms with Crippen LogP contribution in [0.5, 0.6) is 0 Å². The molecule has 2 fully saturated rings. The Morgan fingerprint density at radius 3 is 2.67 bits per heavy atom. The van der Waals surface area contributed by atoms with Crippen molar-refractivity contribution in [3.63, 3.8) is 0 Å². The summed E-state index contributed by atoms with van der Waals surface area (Å²) in [7, 11) is 1.76. The first kappa shape index (κ1) is 13.7. The van der Waals surface area contributed by atoms with Gasteiger partial charge in [-0.1, -0.05) is 13.3 Å². The average Bonchev–Trinajstić information content (AvgIpc) is 3.20. The van der Waals surface area contributed by atoms with Crippen molar-refractivity contribution < 1.29 is 9.90 Å². The van der Waals surface area contributed by atoms with Crippen LogP contribution in [0.4, 0.5) is 4.79 Å². The van der Waals surface area contributed by atoms with Crippen LogP contribution in [-0.2, 0) is 0 Å². The van der Waals surface area contributed by atoms with Gasteiger partial charge >= 0.3 is 6.03 Å². The number of amides is 2. The van der Waals surface area contributed by atoms with Crippen LogP contribution in [0, 0.1) is 11.3 Å². The first-order valence-corrected chi connectivity index (χ1v) is 7.23. The largest absolute Gasteiger partial charge is 0.391 e. The predicted octanol–water partition coefficient (Wildman–Crippen LogP) is 1.98. The molecule has 0 bridgehead atoms. The molecule has 4 heteroatoms. The van der Waals surface area contributed by atoms with E-state index in [1.807, 2.05) is 0 Å². The molecule has 2 N–H and O–H groups in total. The van der Waals surface area contributed by atoms with Gasteiger partial charge in [-0.05, 0) is 43.4 Å². The highest BCUT2D eigenvalue weighted by Gasteiger charge is 2.41. The monoisotopic (exact) mass is 254 g/mol. The first-order valence-electron chi connectivity index (χ1n) is 7.23. The van der Waals surface area contributed by atoms with E-state index in [-0.39, 0.29) is 12.1 Å². The van der Waals surface area contributed by atoms with Crippen LogP contribution >= 0.6 is 0 Å². The molecule has 104 valence electrons. The van der Waals surface area contributed by atoms with E-state index in [0.29, 0.717) is 17.9 Å². The second-order valence-electron chi connectivity index (χ2n) is 6.19. The number of hydrogen-bond acceptors (Lipinski definition) is 2. The molecule has 0 aromatic rings. The third-order valence-corrected chi connectivity index (χ3v) is 4.33. The minimum Gasteiger partial charge on any atom is -0.391 e. The molecule has 2 aliphatic rings. The third kappa shape index (κ3) is 3.61. The Labute approximate surface area is 110 Å². The molecule has 1 atom stereocenters. The fourth-order valence-electron chi connectivity index (χ4n) is 2.61. The molecule has 0 heterocycles. The van der Waals surface area contributed by atoms with Crippen LogP contribution in [0.15, 0.2) is 0 Å². The fourth-order valence-corrected chi connectivity index (χ4v) is 2.61. The molecule has 4 nitrogen and oxygen atoms in total. The van der Waals surface area contributed by atoms with E-state index in [2.05, 4.69) is 12.2 Å². The zero-order chi connectivity index (χ0) is 13.2. The Morgan fingerprint density at radius 1 is 1.50 bits per heavy atom. The number of rotatable bonds is 7. The molecule has 0 radical (unpaired) electrons. The Kier molecular flexibility index (Phi) is 4.15. The number of carbonyl (C=O) groups is 1. The maximum absolute atomic E-state index is 11.9. The average molecular weight is 254 g/mol. The molecule has 2 amide bonds. The summed E-state index contributed by atoms with van der Waals surface area (Å²) in [6.07, 6.45) is 6.76. The van der Waals surface area contributed by atoms with E-state index in [9.17, 15) is 9.90 Å². The van der Waals surface area contributed by atoms with Crippen molar-refractivity contribution >= 4 is 6.03 Å². The molecular formula is C14H26N2O2. The van der Waals surface area contributed by atoms with Crippen molar-refractivity contribution in [2.75, 3.05) is 20.1 Å². The quantitative estimate of drug-likeness (QED) is 0.730. The number of nitrogens with one attached hydrogen (secondary N) is 1. The second-order valence-corrected chi connectivity index (χ2v) is 6.19. The second kappa shape index (κ2) is 5.47. The van der Waals surface area contributed by atoms with Crippen molar-refractivity contribution in [3.8, 4) is 0 Å². The molecule has 1 unspecified atom stereocenters. The van der Waals surface area contributed by atoms with E-state index in [1.54, 1.807) is 11.9 Å². The number of aliphatic hydroxyl groups is 1. The number of hydrogen-bond donors (Lipinski definition) is 2. The Balaban J connectivity index is 1.67. The zero-order valence-electron chi connectivity index (χ0n) is 11.6. The number of carbonyl (C=O) groups excluding carboxylic acids is 1. The van der Waals surface area contributed by atoms with E-state index in [0.717, 1.165) is 19.4 Å².